The molecule has 31 heavy (non-hydrogen) atoms. The minimum absolute atomic E-state index is 0.154. The summed E-state index contributed by atoms with van der Waals surface area (Å²) in [5.41, 5.74) is 0.902. The molecule has 7 nitrogen and oxygen atoms in total. The molecule has 2 aromatic rings. The van der Waals surface area contributed by atoms with Gasteiger partial charge in [0, 0.05) is 18.1 Å². The van der Waals surface area contributed by atoms with Crippen molar-refractivity contribution in [2.45, 2.75) is 30.7 Å². The second-order valence-corrected chi connectivity index (χ2v) is 10.2. The van der Waals surface area contributed by atoms with Crippen LogP contribution in [-0.2, 0) is 14.8 Å². The Hall–Kier alpha value is -2.29. The third-order valence-electron chi connectivity index (χ3n) is 5.63. The summed E-state index contributed by atoms with van der Waals surface area (Å²) in [6.07, 6.45) is 1.27. The molecule has 0 aliphatic carbocycles. The Morgan fingerprint density at radius 2 is 1.84 bits per heavy atom. The number of benzene rings is 2. The van der Waals surface area contributed by atoms with Gasteiger partial charge in [-0.15, -0.1) is 0 Å². The Kier molecular flexibility index (Phi) is 6.41. The molecule has 4 rings (SSSR count). The minimum atomic E-state index is -3.67. The molecule has 1 saturated heterocycles. The van der Waals surface area contributed by atoms with Crippen molar-refractivity contribution in [3.8, 4) is 11.5 Å². The van der Waals surface area contributed by atoms with E-state index in [0.29, 0.717) is 49.1 Å². The smallest absolute Gasteiger partial charge is 0.243 e. The van der Waals surface area contributed by atoms with Gasteiger partial charge in [0.2, 0.25) is 15.9 Å². The van der Waals surface area contributed by atoms with E-state index in [-0.39, 0.29) is 23.4 Å². The first-order valence-corrected chi connectivity index (χ1v) is 12.1. The SMILES string of the molecule is CC(NC(=O)C1CCCN(S(=O)(=O)c2ccc(Cl)cc2)C1)c1ccc2c(c1)OCCO2. The van der Waals surface area contributed by atoms with Gasteiger partial charge in [0.25, 0.3) is 0 Å². The van der Waals surface area contributed by atoms with Crippen LogP contribution in [0.25, 0.3) is 0 Å². The zero-order chi connectivity index (χ0) is 22.0. The van der Waals surface area contributed by atoms with Crippen LogP contribution in [0.2, 0.25) is 5.02 Å². The van der Waals surface area contributed by atoms with Gasteiger partial charge in [-0.2, -0.15) is 4.31 Å². The highest BCUT2D eigenvalue weighted by molar-refractivity contribution is 7.89. The Balaban J connectivity index is 1.42. The van der Waals surface area contributed by atoms with Gasteiger partial charge in [-0.1, -0.05) is 17.7 Å². The molecule has 166 valence electrons. The van der Waals surface area contributed by atoms with Crippen LogP contribution in [0.15, 0.2) is 47.4 Å². The zero-order valence-corrected chi connectivity index (χ0v) is 18.8. The number of halogens is 1. The van der Waals surface area contributed by atoms with E-state index in [1.165, 1.54) is 16.4 Å². The first-order valence-electron chi connectivity index (χ1n) is 10.3. The van der Waals surface area contributed by atoms with Gasteiger partial charge in [-0.05, 0) is 61.7 Å². The number of hydrogen-bond donors (Lipinski definition) is 1. The first kappa shape index (κ1) is 21.9. The second-order valence-electron chi connectivity index (χ2n) is 7.79. The average Bonchev–Trinajstić information content (AvgIpc) is 2.79. The van der Waals surface area contributed by atoms with E-state index >= 15 is 0 Å². The summed E-state index contributed by atoms with van der Waals surface area (Å²) in [5.74, 6) is 0.806. The van der Waals surface area contributed by atoms with Crippen LogP contribution in [0.1, 0.15) is 31.4 Å². The highest BCUT2D eigenvalue weighted by Crippen LogP contribution is 2.33. The van der Waals surface area contributed by atoms with Crippen LogP contribution in [-0.4, -0.2) is 44.9 Å². The van der Waals surface area contributed by atoms with E-state index in [9.17, 15) is 13.2 Å². The molecular weight excluding hydrogens is 440 g/mol. The monoisotopic (exact) mass is 464 g/mol. The molecule has 1 amide bonds. The van der Waals surface area contributed by atoms with Gasteiger partial charge in [0.1, 0.15) is 13.2 Å². The highest BCUT2D eigenvalue weighted by atomic mass is 35.5. The average molecular weight is 465 g/mol. The Labute approximate surface area is 187 Å². The molecule has 0 saturated carbocycles. The second kappa shape index (κ2) is 9.06. The number of carbonyl (C=O) groups is 1. The normalized spacial score (nSPS) is 20.1. The number of ether oxygens (including phenoxy) is 2. The number of carbonyl (C=O) groups excluding carboxylic acids is 1. The summed E-state index contributed by atoms with van der Waals surface area (Å²) in [4.78, 5) is 13.1. The van der Waals surface area contributed by atoms with Crippen LogP contribution in [0, 0.1) is 5.92 Å². The van der Waals surface area contributed by atoms with E-state index < -0.39 is 15.9 Å². The fourth-order valence-corrected chi connectivity index (χ4v) is 5.52. The third kappa shape index (κ3) is 4.81. The predicted molar refractivity (Wildman–Crippen MR) is 117 cm³/mol. The molecule has 2 unspecified atom stereocenters. The van der Waals surface area contributed by atoms with Crippen molar-refractivity contribution >= 4 is 27.5 Å². The lowest BCUT2D eigenvalue weighted by Crippen LogP contribution is -2.45. The summed E-state index contributed by atoms with van der Waals surface area (Å²) in [6.45, 7) is 3.47. The maximum absolute atomic E-state index is 13.0. The maximum atomic E-state index is 13.0. The van der Waals surface area contributed by atoms with Crippen molar-refractivity contribution in [2.75, 3.05) is 26.3 Å². The lowest BCUT2D eigenvalue weighted by Gasteiger charge is -2.32. The summed E-state index contributed by atoms with van der Waals surface area (Å²) in [7, 11) is -3.67. The fourth-order valence-electron chi connectivity index (χ4n) is 3.87. The number of rotatable bonds is 5. The molecule has 2 aliphatic heterocycles. The fraction of sp³-hybridized carbons (Fsp3) is 0.409. The van der Waals surface area contributed by atoms with Gasteiger partial charge in [0.15, 0.2) is 11.5 Å². The van der Waals surface area contributed by atoms with Gasteiger partial charge >= 0.3 is 0 Å². The molecule has 0 bridgehead atoms. The van der Waals surface area contributed by atoms with Crippen molar-refractivity contribution < 1.29 is 22.7 Å². The van der Waals surface area contributed by atoms with Crippen molar-refractivity contribution in [3.63, 3.8) is 0 Å². The van der Waals surface area contributed by atoms with Gasteiger partial charge in [-0.3, -0.25) is 4.79 Å². The molecule has 0 radical (unpaired) electrons. The molecule has 1 fully saturated rings. The van der Waals surface area contributed by atoms with E-state index in [2.05, 4.69) is 5.32 Å². The molecule has 2 aromatic carbocycles. The molecule has 2 atom stereocenters. The third-order valence-corrected chi connectivity index (χ3v) is 7.76. The molecule has 1 N–H and O–H groups in total. The van der Waals surface area contributed by atoms with Crippen molar-refractivity contribution in [1.82, 2.24) is 9.62 Å². The highest BCUT2D eigenvalue weighted by Gasteiger charge is 2.33. The number of nitrogens with one attached hydrogen (secondary N) is 1. The number of amides is 1. The largest absolute Gasteiger partial charge is 0.486 e. The summed E-state index contributed by atoms with van der Waals surface area (Å²) in [6, 6.07) is 11.5. The van der Waals surface area contributed by atoms with Crippen LogP contribution in [0.4, 0.5) is 0 Å². The number of hydrogen-bond acceptors (Lipinski definition) is 5. The minimum Gasteiger partial charge on any atom is -0.486 e. The van der Waals surface area contributed by atoms with E-state index in [1.54, 1.807) is 12.1 Å². The summed E-state index contributed by atoms with van der Waals surface area (Å²) in [5, 5.41) is 3.49. The Bertz CT molecular complexity index is 1060. The van der Waals surface area contributed by atoms with E-state index in [0.717, 1.165) is 5.56 Å². The van der Waals surface area contributed by atoms with Gasteiger partial charge in [-0.25, -0.2) is 8.42 Å². The number of fused-ring (bicyclic) bond motifs is 1. The van der Waals surface area contributed by atoms with Gasteiger partial charge < -0.3 is 14.8 Å². The predicted octanol–water partition coefficient (Wildman–Crippen LogP) is 3.39. The van der Waals surface area contributed by atoms with Crippen molar-refractivity contribution in [3.05, 3.63) is 53.1 Å². The number of nitrogens with zero attached hydrogens (tertiary/aromatic N) is 1. The van der Waals surface area contributed by atoms with Crippen molar-refractivity contribution in [1.29, 1.82) is 0 Å². The zero-order valence-electron chi connectivity index (χ0n) is 17.2. The topological polar surface area (TPSA) is 84.9 Å². The van der Waals surface area contributed by atoms with Crippen molar-refractivity contribution in [2.24, 2.45) is 5.92 Å². The van der Waals surface area contributed by atoms with Gasteiger partial charge in [0.05, 0.1) is 16.9 Å². The summed E-state index contributed by atoms with van der Waals surface area (Å²) < 4.78 is 38.5. The standard InChI is InChI=1S/C22H25ClN2O5S/c1-15(16-4-9-20-21(13-16)30-12-11-29-20)24-22(26)17-3-2-10-25(14-17)31(27,28)19-7-5-18(23)6-8-19/h4-9,13,15,17H,2-3,10-12,14H2,1H3,(H,24,26). The first-order chi connectivity index (χ1) is 14.8. The molecule has 0 aromatic heterocycles. The summed E-state index contributed by atoms with van der Waals surface area (Å²) >= 11 is 5.87. The molecule has 2 heterocycles. The molecule has 2 aliphatic rings. The Morgan fingerprint density at radius 3 is 2.58 bits per heavy atom. The lowest BCUT2D eigenvalue weighted by molar-refractivity contribution is -0.126. The molecule has 0 spiro atoms. The number of piperidine rings is 1. The number of sulfonamides is 1. The van der Waals surface area contributed by atoms with Crippen LogP contribution < -0.4 is 14.8 Å². The van der Waals surface area contributed by atoms with Crippen LogP contribution >= 0.6 is 11.6 Å². The van der Waals surface area contributed by atoms with E-state index in [4.69, 9.17) is 21.1 Å². The molecular formula is C22H25ClN2O5S. The molecule has 9 heteroatoms. The van der Waals surface area contributed by atoms with Crippen LogP contribution in [0.5, 0.6) is 11.5 Å². The maximum Gasteiger partial charge on any atom is 0.243 e. The van der Waals surface area contributed by atoms with E-state index in [1.807, 2.05) is 25.1 Å². The quantitative estimate of drug-likeness (QED) is 0.733. The lowest BCUT2D eigenvalue weighted by atomic mass is 9.97. The Morgan fingerprint density at radius 1 is 1.13 bits per heavy atom. The van der Waals surface area contributed by atoms with Crippen LogP contribution in [0.3, 0.4) is 0 Å².